The van der Waals surface area contributed by atoms with Crippen molar-refractivity contribution in [1.82, 2.24) is 5.32 Å². The monoisotopic (exact) mass is 919 g/mol. The van der Waals surface area contributed by atoms with Crippen molar-refractivity contribution in [3.8, 4) is 22.6 Å². The van der Waals surface area contributed by atoms with Crippen molar-refractivity contribution in [2.45, 2.75) is 55.4 Å². The molecule has 2 radical (unpaired) electrons. The van der Waals surface area contributed by atoms with Gasteiger partial charge in [-0.1, -0.05) is 110 Å². The third-order valence-corrected chi connectivity index (χ3v) is 13.5. The summed E-state index contributed by atoms with van der Waals surface area (Å²) >= 11 is 0. The molecule has 5 aromatic rings. The zero-order valence-corrected chi connectivity index (χ0v) is 38.6. The van der Waals surface area contributed by atoms with E-state index in [9.17, 15) is 14.5 Å². The zero-order valence-electron chi connectivity index (χ0n) is 37.8. The lowest BCUT2D eigenvalue weighted by molar-refractivity contribution is -0.0752. The standard InChI is InChI=1S/C51H59BNO12P/c1-57-32-36(13-11-12-28-53-50(55)60-34-46-44-18-9-7-16-42(44)43-17-8-10-19-45(43)46)33-63-66(56,62-30-29-54)65-47-31-49(52)64-48(47)35-61-51(37-14-5-4-6-15-37,38-20-24-40(58-2)25-21-38)39-22-26-41(59-3)27-23-39/h4-10,14-27,36,46-49,54H,11-13,28-35H2,1-3H3,(H,53,55)/t36?,47-,48-,49-,66?/m1/s1. The molecule has 1 saturated heterocycles. The van der Waals surface area contributed by atoms with E-state index < -0.39 is 44.3 Å². The number of fused-ring (bicyclic) bond motifs is 3. The molecule has 0 aromatic heterocycles. The van der Waals surface area contributed by atoms with Crippen molar-refractivity contribution < 1.29 is 56.5 Å². The highest BCUT2D eigenvalue weighted by Gasteiger charge is 2.44. The summed E-state index contributed by atoms with van der Waals surface area (Å²) in [5.74, 6) is 1.15. The van der Waals surface area contributed by atoms with E-state index in [1.165, 1.54) is 11.1 Å². The smallest absolute Gasteiger partial charge is 0.475 e. The number of aliphatic hydroxyl groups excluding tert-OH is 1. The van der Waals surface area contributed by atoms with E-state index >= 15 is 0 Å². The van der Waals surface area contributed by atoms with Crippen molar-refractivity contribution in [2.24, 2.45) is 5.92 Å². The van der Waals surface area contributed by atoms with E-state index in [-0.39, 0.29) is 44.7 Å². The molecule has 1 aliphatic heterocycles. The quantitative estimate of drug-likeness (QED) is 0.0250. The van der Waals surface area contributed by atoms with Crippen LogP contribution in [0.4, 0.5) is 4.79 Å². The first-order chi connectivity index (χ1) is 32.2. The Morgan fingerprint density at radius 3 is 1.95 bits per heavy atom. The Kier molecular flexibility index (Phi) is 17.5. The van der Waals surface area contributed by atoms with E-state index in [1.54, 1.807) is 21.3 Å². The molecule has 0 saturated carbocycles. The normalized spacial score (nSPS) is 18.2. The summed E-state index contributed by atoms with van der Waals surface area (Å²) in [6, 6.07) is 40.8. The summed E-state index contributed by atoms with van der Waals surface area (Å²) in [6.07, 6.45) is 0.0373. The second-order valence-corrected chi connectivity index (χ2v) is 17.9. The summed E-state index contributed by atoms with van der Waals surface area (Å²) in [7, 11) is 6.87. The van der Waals surface area contributed by atoms with Crippen LogP contribution in [0.5, 0.6) is 11.5 Å². The predicted molar refractivity (Wildman–Crippen MR) is 251 cm³/mol. The van der Waals surface area contributed by atoms with Gasteiger partial charge in [0.05, 0.1) is 53.4 Å². The number of phosphoric ester groups is 1. The topological polar surface area (TPSA) is 149 Å². The van der Waals surface area contributed by atoms with E-state index in [1.807, 2.05) is 103 Å². The van der Waals surface area contributed by atoms with Crippen LogP contribution in [0.3, 0.4) is 0 Å². The number of benzene rings is 5. The van der Waals surface area contributed by atoms with Gasteiger partial charge in [0.25, 0.3) is 0 Å². The molecule has 1 fully saturated rings. The lowest BCUT2D eigenvalue weighted by Crippen LogP contribution is -2.38. The number of nitrogens with one attached hydrogen (secondary N) is 1. The number of unbranched alkanes of at least 4 members (excludes halogenated alkanes) is 1. The Balaban J connectivity index is 0.964. The zero-order chi connectivity index (χ0) is 46.4. The molecule has 5 aromatic carbocycles. The Hall–Kier alpha value is -5.02. The van der Waals surface area contributed by atoms with Gasteiger partial charge >= 0.3 is 13.9 Å². The van der Waals surface area contributed by atoms with Crippen LogP contribution in [0.2, 0.25) is 0 Å². The number of aliphatic hydroxyl groups is 1. The number of rotatable bonds is 25. The SMILES string of the molecule is [B][C@H]1C[C@@H](OP(=O)(OCCO)OCC(CCCCNC(=O)OCC2c3ccccc3-c3ccccc32)COC)[C@@H](COC(c2ccccc2)(c2ccc(OC)cc2)c2ccc(OC)cc2)O1. The lowest BCUT2D eigenvalue weighted by Gasteiger charge is -2.37. The number of ether oxygens (including phenoxy) is 6. The first kappa shape index (κ1) is 48.9. The molecule has 1 heterocycles. The minimum absolute atomic E-state index is 0.0225. The van der Waals surface area contributed by atoms with Crippen molar-refractivity contribution >= 4 is 21.8 Å². The molecule has 13 nitrogen and oxygen atoms in total. The van der Waals surface area contributed by atoms with Gasteiger partial charge < -0.3 is 38.8 Å². The van der Waals surface area contributed by atoms with Crippen LogP contribution in [0, 0.1) is 5.92 Å². The number of carbonyl (C=O) groups excluding carboxylic acids is 1. The van der Waals surface area contributed by atoms with Gasteiger partial charge in [-0.05, 0) is 82.5 Å². The van der Waals surface area contributed by atoms with Gasteiger partial charge in [-0.25, -0.2) is 9.36 Å². The number of hydrogen-bond donors (Lipinski definition) is 2. The predicted octanol–water partition coefficient (Wildman–Crippen LogP) is 8.79. The molecule has 15 heteroatoms. The summed E-state index contributed by atoms with van der Waals surface area (Å²) < 4.78 is 67.6. The van der Waals surface area contributed by atoms with Crippen LogP contribution in [0.25, 0.3) is 11.1 Å². The molecule has 2 aliphatic rings. The minimum Gasteiger partial charge on any atom is -0.497 e. The number of alkyl carbamates (subject to hydrolysis) is 1. The molecule has 0 spiro atoms. The van der Waals surface area contributed by atoms with E-state index in [2.05, 4.69) is 29.6 Å². The Bertz CT molecular complexity index is 2240. The summed E-state index contributed by atoms with van der Waals surface area (Å²) in [4.78, 5) is 12.8. The molecule has 348 valence electrons. The second-order valence-electron chi connectivity index (χ2n) is 16.3. The van der Waals surface area contributed by atoms with Crippen molar-refractivity contribution in [3.63, 3.8) is 0 Å². The average molecular weight is 920 g/mol. The van der Waals surface area contributed by atoms with Gasteiger partial charge in [0.15, 0.2) is 0 Å². The average Bonchev–Trinajstić information content (AvgIpc) is 3.87. The second kappa shape index (κ2) is 23.6. The van der Waals surface area contributed by atoms with Gasteiger partial charge in [-0.2, -0.15) is 0 Å². The maximum atomic E-state index is 14.4. The fraction of sp³-hybridized carbons (Fsp3) is 0.392. The fourth-order valence-electron chi connectivity index (χ4n) is 8.75. The molecule has 1 aliphatic carbocycles. The maximum Gasteiger partial charge on any atom is 0.475 e. The highest BCUT2D eigenvalue weighted by molar-refractivity contribution is 7.48. The largest absolute Gasteiger partial charge is 0.497 e. The van der Waals surface area contributed by atoms with Crippen LogP contribution in [-0.4, -0.2) is 105 Å². The lowest BCUT2D eigenvalue weighted by atomic mass is 9.80. The number of hydrogen-bond acceptors (Lipinski definition) is 12. The fourth-order valence-corrected chi connectivity index (χ4v) is 10.2. The van der Waals surface area contributed by atoms with Crippen molar-refractivity contribution in [3.05, 3.63) is 155 Å². The Morgan fingerprint density at radius 1 is 0.773 bits per heavy atom. The first-order valence-electron chi connectivity index (χ1n) is 22.4. The molecule has 66 heavy (non-hydrogen) atoms. The van der Waals surface area contributed by atoms with Crippen LogP contribution in [-0.2, 0) is 42.7 Å². The number of phosphoric acid groups is 1. The van der Waals surface area contributed by atoms with E-state index in [4.69, 9.17) is 49.8 Å². The molecule has 7 rings (SSSR count). The number of amides is 1. The van der Waals surface area contributed by atoms with E-state index in [0.717, 1.165) is 27.8 Å². The van der Waals surface area contributed by atoms with Crippen LogP contribution < -0.4 is 14.8 Å². The summed E-state index contributed by atoms with van der Waals surface area (Å²) in [5, 5.41) is 12.6. The summed E-state index contributed by atoms with van der Waals surface area (Å²) in [5.41, 5.74) is 5.96. The molecule has 1 amide bonds. The van der Waals surface area contributed by atoms with Crippen molar-refractivity contribution in [2.75, 3.05) is 67.5 Å². The highest BCUT2D eigenvalue weighted by Crippen LogP contribution is 2.53. The van der Waals surface area contributed by atoms with Gasteiger partial charge in [0.1, 0.15) is 37.7 Å². The van der Waals surface area contributed by atoms with Crippen LogP contribution in [0.15, 0.2) is 127 Å². The third kappa shape index (κ3) is 11.9. The highest BCUT2D eigenvalue weighted by atomic mass is 31.2. The van der Waals surface area contributed by atoms with Gasteiger partial charge in [0, 0.05) is 31.5 Å². The number of carbonyl (C=O) groups is 1. The molecule has 2 N–H and O–H groups in total. The van der Waals surface area contributed by atoms with Gasteiger partial charge in [-0.3, -0.25) is 13.6 Å². The summed E-state index contributed by atoms with van der Waals surface area (Å²) in [6.45, 7) is 0.192. The van der Waals surface area contributed by atoms with Crippen LogP contribution in [0.1, 0.15) is 59.4 Å². The number of methoxy groups -OCH3 is 3. The van der Waals surface area contributed by atoms with E-state index in [0.29, 0.717) is 43.9 Å². The van der Waals surface area contributed by atoms with Gasteiger partial charge in [0.2, 0.25) is 0 Å². The Labute approximate surface area is 389 Å². The van der Waals surface area contributed by atoms with Crippen LogP contribution >= 0.6 is 7.82 Å². The molecular formula is C51H59BNO12P. The van der Waals surface area contributed by atoms with Gasteiger partial charge in [-0.15, -0.1) is 0 Å². The Morgan fingerprint density at radius 2 is 1.36 bits per heavy atom. The molecular weight excluding hydrogens is 860 g/mol. The minimum atomic E-state index is -4.31. The maximum absolute atomic E-state index is 14.4. The van der Waals surface area contributed by atoms with Crippen molar-refractivity contribution in [1.29, 1.82) is 0 Å². The molecule has 0 bridgehead atoms. The molecule has 5 atom stereocenters. The third-order valence-electron chi connectivity index (χ3n) is 12.0. The molecule has 2 unspecified atom stereocenters. The first-order valence-corrected chi connectivity index (χ1v) is 23.8.